The lowest BCUT2D eigenvalue weighted by Crippen LogP contribution is -3.12. The first-order valence-electron chi connectivity index (χ1n) is 8.36. The molecule has 1 aromatic carbocycles. The molecule has 0 radical (unpaired) electrons. The Kier molecular flexibility index (Phi) is 5.52. The predicted molar refractivity (Wildman–Crippen MR) is 99.7 cm³/mol. The number of hydrogen-bond acceptors (Lipinski definition) is 6. The number of carbonyl (C=O) groups is 2. The quantitative estimate of drug-likeness (QED) is 0.513. The molecule has 3 rings (SSSR count). The van der Waals surface area contributed by atoms with Crippen molar-refractivity contribution in [1.82, 2.24) is 9.62 Å². The molecule has 0 fully saturated rings. The number of carbonyl (C=O) groups excluding carboxylic acids is 2. The first kappa shape index (κ1) is 22.0. The van der Waals surface area contributed by atoms with Crippen molar-refractivity contribution in [1.29, 1.82) is 0 Å². The van der Waals surface area contributed by atoms with Gasteiger partial charge in [-0.2, -0.15) is 4.99 Å². The molecule has 30 heavy (non-hydrogen) atoms. The van der Waals surface area contributed by atoms with Crippen LogP contribution in [0.1, 0.15) is 22.8 Å². The van der Waals surface area contributed by atoms with Crippen LogP contribution < -0.4 is 9.62 Å². The second-order valence-electron chi connectivity index (χ2n) is 6.56. The number of benzene rings is 1. The molecule has 0 bridgehead atoms. The average Bonchev–Trinajstić information content (AvgIpc) is 3.05. The number of fused-ring (bicyclic) bond motifs is 1. The Balaban J connectivity index is 1.85. The Labute approximate surface area is 174 Å². The van der Waals surface area contributed by atoms with E-state index in [1.807, 2.05) is 4.72 Å². The summed E-state index contributed by atoms with van der Waals surface area (Å²) in [5.74, 6) is -1.53. The lowest BCUT2D eigenvalue weighted by molar-refractivity contribution is -0.763. The second kappa shape index (κ2) is 7.52. The summed E-state index contributed by atoms with van der Waals surface area (Å²) in [6.45, 7) is 2.13. The molecule has 0 aromatic heterocycles. The van der Waals surface area contributed by atoms with Gasteiger partial charge < -0.3 is 0 Å². The number of halogens is 4. The highest BCUT2D eigenvalue weighted by atomic mass is 35.5. The van der Waals surface area contributed by atoms with E-state index in [4.69, 9.17) is 11.6 Å². The Morgan fingerprint density at radius 3 is 2.57 bits per heavy atom. The molecule has 1 amide bonds. The first-order valence-corrected chi connectivity index (χ1v) is 10.2. The van der Waals surface area contributed by atoms with Gasteiger partial charge in [0.25, 0.3) is 21.8 Å². The highest BCUT2D eigenvalue weighted by Crippen LogP contribution is 2.25. The third kappa shape index (κ3) is 4.25. The van der Waals surface area contributed by atoms with Gasteiger partial charge in [-0.05, 0) is 25.5 Å². The van der Waals surface area contributed by atoms with Crippen molar-refractivity contribution in [2.45, 2.75) is 25.0 Å². The van der Waals surface area contributed by atoms with Crippen LogP contribution in [0.3, 0.4) is 0 Å². The summed E-state index contributed by atoms with van der Waals surface area (Å²) in [5, 5.41) is -0.333. The van der Waals surface area contributed by atoms with Crippen LogP contribution in [0.2, 0.25) is 0 Å². The maximum atomic E-state index is 12.9. The van der Waals surface area contributed by atoms with Gasteiger partial charge in [0, 0.05) is 11.8 Å². The standard InChI is InChI=1S/C17H14ClF3N4O4S/c1-9-3-4-11(10(2)26)5-14(9)30(28,29)23-16(27)13-7-24-8-25(17(19,20)21)6-12(18)15(24)22-13/h3-7H,8H2,1-2H3,(H,23,27)/p+1. The fourth-order valence-electron chi connectivity index (χ4n) is 2.83. The van der Waals surface area contributed by atoms with Gasteiger partial charge in [-0.1, -0.05) is 23.7 Å². The largest absolute Gasteiger partial charge is 0.488 e. The molecule has 0 saturated heterocycles. The summed E-state index contributed by atoms with van der Waals surface area (Å²) >= 11 is 5.84. The Morgan fingerprint density at radius 2 is 1.97 bits per heavy atom. The van der Waals surface area contributed by atoms with E-state index in [9.17, 15) is 31.2 Å². The maximum Gasteiger partial charge on any atom is 0.488 e. The number of rotatable bonds is 4. The molecule has 160 valence electrons. The summed E-state index contributed by atoms with van der Waals surface area (Å²) < 4.78 is 65.9. The number of amidine groups is 1. The fourth-order valence-corrected chi connectivity index (χ4v) is 4.34. The number of hydrogen-bond donors (Lipinski definition) is 2. The number of alkyl halides is 3. The van der Waals surface area contributed by atoms with Crippen molar-refractivity contribution in [2.75, 3.05) is 6.67 Å². The van der Waals surface area contributed by atoms with Gasteiger partial charge >= 0.3 is 6.30 Å². The fraction of sp³-hybridized carbons (Fsp3) is 0.235. The second-order valence-corrected chi connectivity index (χ2v) is 8.62. The van der Waals surface area contributed by atoms with Crippen molar-refractivity contribution in [3.63, 3.8) is 0 Å². The van der Waals surface area contributed by atoms with Gasteiger partial charge in [0.05, 0.1) is 4.90 Å². The third-order valence-electron chi connectivity index (χ3n) is 4.35. The molecular weight excluding hydrogens is 449 g/mol. The van der Waals surface area contributed by atoms with Crippen LogP contribution >= 0.6 is 11.6 Å². The number of aryl methyl sites for hydroxylation is 1. The SMILES string of the molecule is CC(=O)c1ccc(C)c(S(=O)(=O)NC(=O)C2=C[NH+]3CN(C(F)(F)F)C=C(Cl)C3=N2)c1. The van der Waals surface area contributed by atoms with Crippen LogP contribution in [0.5, 0.6) is 0 Å². The normalized spacial score (nSPS) is 18.9. The molecule has 0 aliphatic carbocycles. The molecule has 0 saturated carbocycles. The highest BCUT2D eigenvalue weighted by Gasteiger charge is 2.44. The Morgan fingerprint density at radius 1 is 1.30 bits per heavy atom. The van der Waals surface area contributed by atoms with E-state index in [0.717, 1.165) is 12.3 Å². The van der Waals surface area contributed by atoms with E-state index in [1.165, 1.54) is 26.0 Å². The number of quaternary nitrogens is 1. The zero-order valence-electron chi connectivity index (χ0n) is 15.5. The lowest BCUT2D eigenvalue weighted by atomic mass is 10.1. The van der Waals surface area contributed by atoms with Crippen molar-refractivity contribution in [3.05, 3.63) is 52.5 Å². The minimum Gasteiger partial charge on any atom is -0.295 e. The number of nitrogens with zero attached hydrogens (tertiary/aromatic N) is 2. The summed E-state index contributed by atoms with van der Waals surface area (Å²) in [4.78, 5) is 27.6. The van der Waals surface area contributed by atoms with E-state index in [-0.39, 0.29) is 36.9 Å². The number of nitrogens with one attached hydrogen (secondary N) is 2. The van der Waals surface area contributed by atoms with Gasteiger partial charge in [0.1, 0.15) is 11.2 Å². The summed E-state index contributed by atoms with van der Waals surface area (Å²) in [6.07, 6.45) is -2.99. The number of amides is 1. The molecule has 2 aliphatic rings. The summed E-state index contributed by atoms with van der Waals surface area (Å²) in [5.41, 5.74) is 0.0286. The highest BCUT2D eigenvalue weighted by molar-refractivity contribution is 7.90. The third-order valence-corrected chi connectivity index (χ3v) is 6.10. The van der Waals surface area contributed by atoms with Crippen LogP contribution in [0.15, 0.2) is 51.2 Å². The van der Waals surface area contributed by atoms with Gasteiger partial charge in [-0.15, -0.1) is 13.2 Å². The van der Waals surface area contributed by atoms with Crippen molar-refractivity contribution >= 4 is 39.2 Å². The minimum absolute atomic E-state index is 0.0222. The van der Waals surface area contributed by atoms with Crippen LogP contribution in [-0.2, 0) is 14.8 Å². The molecule has 0 spiro atoms. The molecule has 2 aliphatic heterocycles. The number of aliphatic imine (C=N–C) groups is 1. The summed E-state index contributed by atoms with van der Waals surface area (Å²) in [6, 6.07) is 4.01. The van der Waals surface area contributed by atoms with E-state index in [0.29, 0.717) is 11.8 Å². The number of Topliss-reactive ketones (excluding diaryl/α,β-unsaturated/α-hetero) is 1. The van der Waals surface area contributed by atoms with Gasteiger partial charge in [-0.25, -0.2) is 22.9 Å². The van der Waals surface area contributed by atoms with E-state index in [2.05, 4.69) is 4.99 Å². The minimum atomic E-state index is -4.68. The Hall–Kier alpha value is -2.70. The smallest absolute Gasteiger partial charge is 0.295 e. The molecular formula is C17H15ClF3N4O4S+. The zero-order chi connectivity index (χ0) is 22.4. The van der Waals surface area contributed by atoms with E-state index >= 15 is 0 Å². The molecule has 13 heteroatoms. The average molecular weight is 464 g/mol. The van der Waals surface area contributed by atoms with Crippen LogP contribution in [0, 0.1) is 6.92 Å². The number of ketones is 1. The predicted octanol–water partition coefficient (Wildman–Crippen LogP) is 1.01. The van der Waals surface area contributed by atoms with Crippen LogP contribution in [0.4, 0.5) is 13.2 Å². The van der Waals surface area contributed by atoms with Gasteiger partial charge in [0.2, 0.25) is 0 Å². The van der Waals surface area contributed by atoms with E-state index < -0.39 is 34.6 Å². The topological polar surface area (TPSA) is 100 Å². The molecule has 1 aromatic rings. The van der Waals surface area contributed by atoms with Gasteiger partial charge in [-0.3, -0.25) is 9.59 Å². The lowest BCUT2D eigenvalue weighted by Gasteiger charge is -2.28. The zero-order valence-corrected chi connectivity index (χ0v) is 17.1. The van der Waals surface area contributed by atoms with Crippen LogP contribution in [0.25, 0.3) is 0 Å². The molecule has 2 heterocycles. The number of sulfonamides is 1. The molecule has 8 nitrogen and oxygen atoms in total. The van der Waals surface area contributed by atoms with E-state index in [1.54, 1.807) is 0 Å². The van der Waals surface area contributed by atoms with Crippen molar-refractivity contribution < 1.29 is 36.1 Å². The molecule has 1 unspecified atom stereocenters. The maximum absolute atomic E-state index is 12.9. The first-order chi connectivity index (χ1) is 13.8. The van der Waals surface area contributed by atoms with Crippen LogP contribution in [-0.4, -0.2) is 43.8 Å². The molecule has 2 N–H and O–H groups in total. The summed E-state index contributed by atoms with van der Waals surface area (Å²) in [7, 11) is -4.37. The van der Waals surface area contributed by atoms with Crippen molar-refractivity contribution in [2.24, 2.45) is 4.99 Å². The molecule has 1 atom stereocenters. The van der Waals surface area contributed by atoms with Gasteiger partial charge in [0.15, 0.2) is 18.1 Å². The monoisotopic (exact) mass is 463 g/mol. The Bertz CT molecular complexity index is 1140. The van der Waals surface area contributed by atoms with Crippen molar-refractivity contribution in [3.8, 4) is 0 Å².